The molecule has 25 heavy (non-hydrogen) atoms. The van der Waals surface area contributed by atoms with Gasteiger partial charge in [0.15, 0.2) is 0 Å². The summed E-state index contributed by atoms with van der Waals surface area (Å²) in [5.41, 5.74) is 1.25. The Morgan fingerprint density at radius 2 is 1.80 bits per heavy atom. The minimum Gasteiger partial charge on any atom is -0.497 e. The first-order valence-electron chi connectivity index (χ1n) is 7.79. The Hall–Kier alpha value is -1.96. The van der Waals surface area contributed by atoms with Crippen LogP contribution < -0.4 is 14.4 Å². The lowest BCUT2D eigenvalue weighted by Crippen LogP contribution is -2.36. The van der Waals surface area contributed by atoms with Gasteiger partial charge in [0.1, 0.15) is 5.75 Å². The molecule has 0 aliphatic carbocycles. The molecule has 0 spiro atoms. The van der Waals surface area contributed by atoms with E-state index in [-0.39, 0.29) is 4.90 Å². The molecule has 2 aromatic carbocycles. The largest absolute Gasteiger partial charge is 0.497 e. The molecule has 3 rings (SSSR count). The summed E-state index contributed by atoms with van der Waals surface area (Å²) >= 11 is 6.19. The quantitative estimate of drug-likeness (QED) is 0.861. The van der Waals surface area contributed by atoms with Crippen molar-refractivity contribution in [1.29, 1.82) is 0 Å². The number of sulfonamides is 1. The van der Waals surface area contributed by atoms with E-state index in [1.165, 1.54) is 19.2 Å². The van der Waals surface area contributed by atoms with Gasteiger partial charge in [-0.25, -0.2) is 8.42 Å². The molecule has 0 radical (unpaired) electrons. The van der Waals surface area contributed by atoms with Crippen LogP contribution in [0, 0.1) is 0 Å². The molecule has 0 saturated carbocycles. The standard InChI is InChI=1S/C17H19ClN2O4S/c1-23-14-3-5-15(6-4-14)25(21,22)19-17-12-13(2-7-16(17)18)20-8-10-24-11-9-20/h2-7,12,19H,8-11H2,1H3. The van der Waals surface area contributed by atoms with E-state index in [0.717, 1.165) is 18.8 Å². The molecule has 1 aliphatic rings. The number of methoxy groups -OCH3 is 1. The summed E-state index contributed by atoms with van der Waals surface area (Å²) in [5, 5.41) is 0.342. The summed E-state index contributed by atoms with van der Waals surface area (Å²) in [6.07, 6.45) is 0. The van der Waals surface area contributed by atoms with Crippen LogP contribution in [0.5, 0.6) is 5.75 Å². The van der Waals surface area contributed by atoms with Gasteiger partial charge in [0.2, 0.25) is 0 Å². The molecule has 1 N–H and O–H groups in total. The summed E-state index contributed by atoms with van der Waals surface area (Å²) in [5.74, 6) is 0.589. The van der Waals surface area contributed by atoms with E-state index >= 15 is 0 Å². The monoisotopic (exact) mass is 382 g/mol. The van der Waals surface area contributed by atoms with Crippen molar-refractivity contribution >= 4 is 33.0 Å². The van der Waals surface area contributed by atoms with Crippen molar-refractivity contribution < 1.29 is 17.9 Å². The minimum atomic E-state index is -3.74. The molecule has 2 aromatic rings. The fourth-order valence-electron chi connectivity index (χ4n) is 2.57. The number of halogens is 1. The van der Waals surface area contributed by atoms with E-state index in [9.17, 15) is 8.42 Å². The number of ether oxygens (including phenoxy) is 2. The molecule has 0 atom stereocenters. The predicted octanol–water partition coefficient (Wildman–Crippen LogP) is 2.99. The van der Waals surface area contributed by atoms with Gasteiger partial charge in [0.25, 0.3) is 10.0 Å². The molecule has 0 amide bonds. The molecule has 1 fully saturated rings. The zero-order valence-corrected chi connectivity index (χ0v) is 15.3. The van der Waals surface area contributed by atoms with Gasteiger partial charge in [0, 0.05) is 18.8 Å². The van der Waals surface area contributed by atoms with Gasteiger partial charge in [0.05, 0.1) is 35.9 Å². The highest BCUT2D eigenvalue weighted by Crippen LogP contribution is 2.30. The lowest BCUT2D eigenvalue weighted by molar-refractivity contribution is 0.122. The topological polar surface area (TPSA) is 67.9 Å². The van der Waals surface area contributed by atoms with Crippen molar-refractivity contribution in [2.24, 2.45) is 0 Å². The molecule has 1 heterocycles. The zero-order valence-electron chi connectivity index (χ0n) is 13.7. The molecule has 0 aromatic heterocycles. The van der Waals surface area contributed by atoms with Crippen LogP contribution in [0.2, 0.25) is 5.02 Å². The predicted molar refractivity (Wildman–Crippen MR) is 98.3 cm³/mol. The van der Waals surface area contributed by atoms with Crippen LogP contribution in [0.4, 0.5) is 11.4 Å². The number of rotatable bonds is 5. The number of morpholine rings is 1. The first-order chi connectivity index (χ1) is 12.0. The van der Waals surface area contributed by atoms with Gasteiger partial charge in [-0.05, 0) is 42.5 Å². The fraction of sp³-hybridized carbons (Fsp3) is 0.294. The third-order valence-electron chi connectivity index (χ3n) is 3.94. The van der Waals surface area contributed by atoms with E-state index < -0.39 is 10.0 Å². The number of anilines is 2. The number of benzene rings is 2. The Morgan fingerprint density at radius 1 is 1.12 bits per heavy atom. The van der Waals surface area contributed by atoms with Gasteiger partial charge in [-0.15, -0.1) is 0 Å². The third-order valence-corrected chi connectivity index (χ3v) is 5.65. The first kappa shape index (κ1) is 17.8. The Balaban J connectivity index is 1.85. The lowest BCUT2D eigenvalue weighted by Gasteiger charge is -2.29. The van der Waals surface area contributed by atoms with Crippen molar-refractivity contribution in [2.45, 2.75) is 4.90 Å². The second-order valence-electron chi connectivity index (χ2n) is 5.54. The molecular weight excluding hydrogens is 364 g/mol. The first-order valence-corrected chi connectivity index (χ1v) is 9.65. The van der Waals surface area contributed by atoms with Crippen LogP contribution in [-0.4, -0.2) is 41.8 Å². The van der Waals surface area contributed by atoms with Gasteiger partial charge < -0.3 is 14.4 Å². The maximum atomic E-state index is 12.6. The number of hydrogen-bond acceptors (Lipinski definition) is 5. The van der Waals surface area contributed by atoms with Crippen LogP contribution in [0.3, 0.4) is 0 Å². The average molecular weight is 383 g/mol. The fourth-order valence-corrected chi connectivity index (χ4v) is 3.86. The molecule has 8 heteroatoms. The smallest absolute Gasteiger partial charge is 0.261 e. The summed E-state index contributed by atoms with van der Waals surface area (Å²) < 4.78 is 38.1. The summed E-state index contributed by atoms with van der Waals surface area (Å²) in [6, 6.07) is 11.5. The van der Waals surface area contributed by atoms with E-state index in [4.69, 9.17) is 21.1 Å². The van der Waals surface area contributed by atoms with Crippen LogP contribution in [0.15, 0.2) is 47.4 Å². The maximum Gasteiger partial charge on any atom is 0.261 e. The second-order valence-corrected chi connectivity index (χ2v) is 7.63. The molecule has 6 nitrogen and oxygen atoms in total. The van der Waals surface area contributed by atoms with Crippen molar-refractivity contribution in [3.8, 4) is 5.75 Å². The highest BCUT2D eigenvalue weighted by molar-refractivity contribution is 7.92. The summed E-state index contributed by atoms with van der Waals surface area (Å²) in [6.45, 7) is 2.81. The van der Waals surface area contributed by atoms with Gasteiger partial charge >= 0.3 is 0 Å². The number of nitrogens with zero attached hydrogens (tertiary/aromatic N) is 1. The molecular formula is C17H19ClN2O4S. The van der Waals surface area contributed by atoms with Gasteiger partial charge in [-0.2, -0.15) is 0 Å². The second kappa shape index (κ2) is 7.51. The Kier molecular flexibility index (Phi) is 5.36. The lowest BCUT2D eigenvalue weighted by atomic mass is 10.2. The molecule has 134 valence electrons. The van der Waals surface area contributed by atoms with Crippen molar-refractivity contribution in [3.05, 3.63) is 47.5 Å². The Morgan fingerprint density at radius 3 is 2.44 bits per heavy atom. The number of nitrogens with one attached hydrogen (secondary N) is 1. The van der Waals surface area contributed by atoms with Crippen LogP contribution in [0.25, 0.3) is 0 Å². The number of hydrogen-bond donors (Lipinski definition) is 1. The zero-order chi connectivity index (χ0) is 17.9. The van der Waals surface area contributed by atoms with Crippen LogP contribution >= 0.6 is 11.6 Å². The van der Waals surface area contributed by atoms with E-state index in [1.54, 1.807) is 24.3 Å². The normalized spacial score (nSPS) is 15.0. The van der Waals surface area contributed by atoms with Crippen molar-refractivity contribution in [1.82, 2.24) is 0 Å². The molecule has 1 saturated heterocycles. The third kappa shape index (κ3) is 4.18. The molecule has 0 unspecified atom stereocenters. The Bertz CT molecular complexity index is 834. The van der Waals surface area contributed by atoms with Crippen LogP contribution in [-0.2, 0) is 14.8 Å². The SMILES string of the molecule is COc1ccc(S(=O)(=O)Nc2cc(N3CCOCC3)ccc2Cl)cc1. The van der Waals surface area contributed by atoms with Crippen LogP contribution in [0.1, 0.15) is 0 Å². The summed E-state index contributed by atoms with van der Waals surface area (Å²) in [4.78, 5) is 2.27. The van der Waals surface area contributed by atoms with E-state index in [0.29, 0.717) is 29.7 Å². The van der Waals surface area contributed by atoms with E-state index in [2.05, 4.69) is 9.62 Å². The Labute approximate surface area is 152 Å². The van der Waals surface area contributed by atoms with Gasteiger partial charge in [-0.3, -0.25) is 4.72 Å². The highest BCUT2D eigenvalue weighted by Gasteiger charge is 2.18. The maximum absolute atomic E-state index is 12.6. The molecule has 0 bridgehead atoms. The molecule has 1 aliphatic heterocycles. The van der Waals surface area contributed by atoms with Crippen molar-refractivity contribution in [2.75, 3.05) is 43.0 Å². The van der Waals surface area contributed by atoms with Gasteiger partial charge in [-0.1, -0.05) is 11.6 Å². The summed E-state index contributed by atoms with van der Waals surface area (Å²) in [7, 11) is -2.22. The highest BCUT2D eigenvalue weighted by atomic mass is 35.5. The minimum absolute atomic E-state index is 0.140. The average Bonchev–Trinajstić information content (AvgIpc) is 2.64. The van der Waals surface area contributed by atoms with Crippen molar-refractivity contribution in [3.63, 3.8) is 0 Å². The van der Waals surface area contributed by atoms with E-state index in [1.807, 2.05) is 6.07 Å².